The molecular weight excluding hydrogens is 446 g/mol. The van der Waals surface area contributed by atoms with Crippen LogP contribution in [0.15, 0.2) is 43.1 Å². The summed E-state index contributed by atoms with van der Waals surface area (Å²) in [5, 5.41) is 19.3. The number of alkyl halides is 1. The number of nitrogens with zero attached hydrogens (tertiary/aromatic N) is 10. The van der Waals surface area contributed by atoms with Crippen molar-refractivity contribution in [3.05, 3.63) is 60.2 Å². The third-order valence-electron chi connectivity index (χ3n) is 5.65. The second-order valence-corrected chi connectivity index (χ2v) is 7.88. The van der Waals surface area contributed by atoms with Gasteiger partial charge in [0.2, 0.25) is 5.95 Å². The number of halogens is 2. The van der Waals surface area contributed by atoms with E-state index < -0.39 is 18.0 Å². The Hall–Kier alpha value is -4.03. The van der Waals surface area contributed by atoms with E-state index in [0.717, 1.165) is 12.0 Å². The summed E-state index contributed by atoms with van der Waals surface area (Å²) in [6.45, 7) is 2.77. The first-order valence-corrected chi connectivity index (χ1v) is 10.9. The second kappa shape index (κ2) is 9.45. The molecule has 1 aliphatic rings. The number of piperidine rings is 1. The number of ether oxygens (including phenoxy) is 1. The summed E-state index contributed by atoms with van der Waals surface area (Å²) < 4.78 is 36.3. The third kappa shape index (κ3) is 4.54. The van der Waals surface area contributed by atoms with Gasteiger partial charge in [-0.3, -0.25) is 0 Å². The topological polar surface area (TPSA) is 113 Å². The smallest absolute Gasteiger partial charge is 0.225 e. The molecule has 1 saturated heterocycles. The third-order valence-corrected chi connectivity index (χ3v) is 5.65. The number of hydrogen-bond donors (Lipinski definition) is 0. The van der Waals surface area contributed by atoms with Crippen molar-refractivity contribution in [1.29, 1.82) is 0 Å². The number of aromatic nitrogens is 9. The highest BCUT2D eigenvalue weighted by molar-refractivity contribution is 5.37. The van der Waals surface area contributed by atoms with Crippen LogP contribution in [0.5, 0.6) is 5.75 Å². The molecule has 2 unspecified atom stereocenters. The maximum Gasteiger partial charge on any atom is 0.225 e. The van der Waals surface area contributed by atoms with Gasteiger partial charge in [0.05, 0.1) is 18.4 Å². The minimum absolute atomic E-state index is 0.00539. The van der Waals surface area contributed by atoms with Gasteiger partial charge in [-0.15, -0.1) is 5.10 Å². The van der Waals surface area contributed by atoms with Crippen LogP contribution in [0.25, 0.3) is 5.69 Å². The number of benzene rings is 1. The van der Waals surface area contributed by atoms with Crippen molar-refractivity contribution < 1.29 is 13.5 Å². The Kier molecular flexibility index (Phi) is 6.06. The summed E-state index contributed by atoms with van der Waals surface area (Å²) >= 11 is 0. The Morgan fingerprint density at radius 1 is 1.18 bits per heavy atom. The van der Waals surface area contributed by atoms with Gasteiger partial charge in [0.25, 0.3) is 0 Å². The van der Waals surface area contributed by atoms with E-state index in [1.54, 1.807) is 18.5 Å². The molecule has 0 aliphatic carbocycles. The van der Waals surface area contributed by atoms with Gasteiger partial charge in [-0.05, 0) is 41.0 Å². The van der Waals surface area contributed by atoms with Gasteiger partial charge in [-0.25, -0.2) is 23.4 Å². The van der Waals surface area contributed by atoms with E-state index in [4.69, 9.17) is 4.74 Å². The molecule has 1 aliphatic heterocycles. The molecule has 0 saturated carbocycles. The molecule has 176 valence electrons. The van der Waals surface area contributed by atoms with E-state index in [0.29, 0.717) is 30.3 Å². The fourth-order valence-electron chi connectivity index (χ4n) is 3.74. The molecule has 0 radical (unpaired) electrons. The number of tetrazole rings is 1. The second-order valence-electron chi connectivity index (χ2n) is 7.88. The molecule has 4 heterocycles. The van der Waals surface area contributed by atoms with Crippen LogP contribution in [0, 0.1) is 5.82 Å². The highest BCUT2D eigenvalue weighted by Crippen LogP contribution is 2.27. The largest absolute Gasteiger partial charge is 0.484 e. The molecule has 11 nitrogen and oxygen atoms in total. The maximum absolute atomic E-state index is 15.0. The van der Waals surface area contributed by atoms with Gasteiger partial charge in [-0.1, -0.05) is 6.92 Å². The molecule has 1 aromatic carbocycles. The predicted molar refractivity (Wildman–Crippen MR) is 116 cm³/mol. The Morgan fingerprint density at radius 3 is 2.74 bits per heavy atom. The highest BCUT2D eigenvalue weighted by Gasteiger charge is 2.33. The minimum atomic E-state index is -1.19. The number of anilines is 1. The highest BCUT2D eigenvalue weighted by atomic mass is 19.1. The summed E-state index contributed by atoms with van der Waals surface area (Å²) in [7, 11) is 0. The van der Waals surface area contributed by atoms with E-state index >= 15 is 0 Å². The molecule has 0 spiro atoms. The van der Waals surface area contributed by atoms with Gasteiger partial charge < -0.3 is 9.64 Å². The molecule has 3 aromatic heterocycles. The van der Waals surface area contributed by atoms with Gasteiger partial charge in [0, 0.05) is 25.0 Å². The zero-order valence-electron chi connectivity index (χ0n) is 18.4. The van der Waals surface area contributed by atoms with Crippen LogP contribution in [0.3, 0.4) is 0 Å². The lowest BCUT2D eigenvalue weighted by Gasteiger charge is -2.34. The lowest BCUT2D eigenvalue weighted by molar-refractivity contribution is 0.172. The van der Waals surface area contributed by atoms with Crippen molar-refractivity contribution in [2.24, 2.45) is 0 Å². The van der Waals surface area contributed by atoms with E-state index in [1.165, 1.54) is 34.1 Å². The molecule has 4 aromatic rings. The Labute approximate surface area is 193 Å². The van der Waals surface area contributed by atoms with Crippen molar-refractivity contribution in [3.63, 3.8) is 0 Å². The van der Waals surface area contributed by atoms with Crippen molar-refractivity contribution in [2.45, 2.75) is 38.6 Å². The molecule has 13 heteroatoms. The Morgan fingerprint density at radius 2 is 2.03 bits per heavy atom. The number of aryl methyl sites for hydroxylation is 1. The quantitative estimate of drug-likeness (QED) is 0.402. The summed E-state index contributed by atoms with van der Waals surface area (Å²) in [4.78, 5) is 11.9. The van der Waals surface area contributed by atoms with Gasteiger partial charge in [-0.2, -0.15) is 15.0 Å². The first-order chi connectivity index (χ1) is 16.6. The summed E-state index contributed by atoms with van der Waals surface area (Å²) in [6.07, 6.45) is 6.56. The van der Waals surface area contributed by atoms with Crippen molar-refractivity contribution in [1.82, 2.24) is 45.2 Å². The van der Waals surface area contributed by atoms with E-state index in [9.17, 15) is 8.78 Å². The SMILES string of the molecule is CCc1cnc(N2CCC(n3ncc(COc4ccc(-n5cnnn5)cc4F)n3)C(F)C2)nc1. The van der Waals surface area contributed by atoms with Crippen LogP contribution in [0.4, 0.5) is 14.7 Å². The molecular formula is C21H22F2N10O. The average Bonchev–Trinajstić information content (AvgIpc) is 3.56. The fourth-order valence-corrected chi connectivity index (χ4v) is 3.74. The molecule has 0 amide bonds. The Balaban J connectivity index is 1.19. The maximum atomic E-state index is 15.0. The number of hydrogen-bond acceptors (Lipinski definition) is 9. The monoisotopic (exact) mass is 468 g/mol. The van der Waals surface area contributed by atoms with Gasteiger partial charge in [0.1, 0.15) is 30.8 Å². The van der Waals surface area contributed by atoms with E-state index in [-0.39, 0.29) is 18.9 Å². The summed E-state index contributed by atoms with van der Waals surface area (Å²) in [6, 6.07) is 3.88. The fraction of sp³-hybridized carbons (Fsp3) is 0.381. The van der Waals surface area contributed by atoms with Crippen LogP contribution in [-0.2, 0) is 13.0 Å². The summed E-state index contributed by atoms with van der Waals surface area (Å²) in [5.74, 6) is 0.0110. The van der Waals surface area contributed by atoms with Crippen LogP contribution in [0.1, 0.15) is 30.6 Å². The van der Waals surface area contributed by atoms with Crippen LogP contribution >= 0.6 is 0 Å². The zero-order chi connectivity index (χ0) is 23.5. The normalized spacial score (nSPS) is 18.3. The first-order valence-electron chi connectivity index (χ1n) is 10.9. The van der Waals surface area contributed by atoms with E-state index in [2.05, 4.69) is 35.7 Å². The van der Waals surface area contributed by atoms with E-state index in [1.807, 2.05) is 11.8 Å². The molecule has 1 fully saturated rings. The van der Waals surface area contributed by atoms with Crippen LogP contribution < -0.4 is 9.64 Å². The lowest BCUT2D eigenvalue weighted by atomic mass is 10.0. The summed E-state index contributed by atoms with van der Waals surface area (Å²) in [5.41, 5.74) is 1.97. The zero-order valence-corrected chi connectivity index (χ0v) is 18.4. The van der Waals surface area contributed by atoms with Crippen LogP contribution in [-0.4, -0.2) is 64.4 Å². The first kappa shape index (κ1) is 21.8. The van der Waals surface area contributed by atoms with Crippen molar-refractivity contribution in [3.8, 4) is 11.4 Å². The number of rotatable bonds is 7. The molecule has 0 N–H and O–H groups in total. The van der Waals surface area contributed by atoms with Gasteiger partial charge >= 0.3 is 0 Å². The predicted octanol–water partition coefficient (Wildman–Crippen LogP) is 2.11. The molecule has 0 bridgehead atoms. The standard InChI is InChI=1S/C21H22F2N10O/c1-2-14-8-24-21(25-9-14)31-6-5-19(18(23)11-31)33-27-10-15(28-33)12-34-20-4-3-16(7-17(20)22)32-13-26-29-30-32/h3-4,7-10,13,18-19H,2,5-6,11-12H2,1H3. The average molecular weight is 468 g/mol. The molecule has 34 heavy (non-hydrogen) atoms. The lowest BCUT2D eigenvalue weighted by Crippen LogP contribution is -2.44. The van der Waals surface area contributed by atoms with Gasteiger partial charge in [0.15, 0.2) is 11.6 Å². The minimum Gasteiger partial charge on any atom is -0.484 e. The molecule has 5 rings (SSSR count). The Bertz CT molecular complexity index is 1230. The van der Waals surface area contributed by atoms with Crippen molar-refractivity contribution in [2.75, 3.05) is 18.0 Å². The van der Waals surface area contributed by atoms with Crippen molar-refractivity contribution >= 4 is 5.95 Å². The van der Waals surface area contributed by atoms with Crippen LogP contribution in [0.2, 0.25) is 0 Å². The molecule has 2 atom stereocenters.